The Kier molecular flexibility index (Phi) is 2.49. The van der Waals surface area contributed by atoms with Crippen molar-refractivity contribution in [2.24, 2.45) is 11.1 Å². The summed E-state index contributed by atoms with van der Waals surface area (Å²) < 4.78 is 0. The molecule has 1 saturated heterocycles. The number of nitrogens with one attached hydrogen (secondary N) is 2. The largest absolute Gasteiger partial charge is 0.349 e. The summed E-state index contributed by atoms with van der Waals surface area (Å²) in [6, 6.07) is -0.214. The highest BCUT2D eigenvalue weighted by Gasteiger charge is 2.37. The molecule has 80 valence electrons. The topological polar surface area (TPSA) is 87.6 Å². The molecule has 1 heterocycles. The van der Waals surface area contributed by atoms with Crippen molar-refractivity contribution in [1.29, 1.82) is 0 Å². The number of carbonyl (C=O) groups is 2. The van der Waals surface area contributed by atoms with Gasteiger partial charge in [0.2, 0.25) is 12.1 Å². The van der Waals surface area contributed by atoms with Crippen LogP contribution in [-0.4, -0.2) is 24.0 Å². The van der Waals surface area contributed by atoms with Crippen molar-refractivity contribution in [3.63, 3.8) is 0 Å². The second-order valence-corrected chi connectivity index (χ2v) is 3.68. The van der Waals surface area contributed by atoms with Gasteiger partial charge in [-0.25, -0.2) is 0 Å². The minimum absolute atomic E-state index is 0.214. The Morgan fingerprint density at radius 3 is 2.60 bits per heavy atom. The van der Waals surface area contributed by atoms with Gasteiger partial charge < -0.3 is 10.6 Å². The van der Waals surface area contributed by atoms with E-state index in [1.54, 1.807) is 0 Å². The molecule has 1 fully saturated rings. The molecule has 15 heavy (non-hydrogen) atoms. The van der Waals surface area contributed by atoms with Crippen molar-refractivity contribution in [2.45, 2.75) is 25.0 Å². The minimum atomic E-state index is -1.29. The maximum atomic E-state index is 11.6. The van der Waals surface area contributed by atoms with E-state index in [4.69, 9.17) is 0 Å². The quantitative estimate of drug-likeness (QED) is 0.457. The van der Waals surface area contributed by atoms with Crippen LogP contribution < -0.4 is 10.6 Å². The first-order valence-corrected chi connectivity index (χ1v) is 4.80. The van der Waals surface area contributed by atoms with Crippen molar-refractivity contribution in [2.75, 3.05) is 0 Å². The van der Waals surface area contributed by atoms with Crippen LogP contribution in [0.5, 0.6) is 0 Å². The molecule has 3 atom stereocenters. The summed E-state index contributed by atoms with van der Waals surface area (Å²) in [6.45, 7) is 0. The van der Waals surface area contributed by atoms with Crippen LogP contribution in [0.2, 0.25) is 0 Å². The van der Waals surface area contributed by atoms with E-state index in [1.807, 2.05) is 12.2 Å². The maximum Gasteiger partial charge on any atom is 0.269 e. The van der Waals surface area contributed by atoms with Crippen molar-refractivity contribution in [3.05, 3.63) is 17.1 Å². The highest BCUT2D eigenvalue weighted by molar-refractivity contribution is 5.91. The van der Waals surface area contributed by atoms with E-state index in [0.717, 1.165) is 0 Å². The zero-order valence-electron chi connectivity index (χ0n) is 7.97. The van der Waals surface area contributed by atoms with E-state index in [-0.39, 0.29) is 17.9 Å². The molecule has 1 aliphatic heterocycles. The summed E-state index contributed by atoms with van der Waals surface area (Å²) in [7, 11) is 0. The van der Waals surface area contributed by atoms with Gasteiger partial charge in [0.25, 0.3) is 5.91 Å². The lowest BCUT2D eigenvalue weighted by Gasteiger charge is -2.24. The Morgan fingerprint density at radius 2 is 1.87 bits per heavy atom. The molecule has 0 radical (unpaired) electrons. The Bertz CT molecular complexity index is 339. The van der Waals surface area contributed by atoms with Crippen molar-refractivity contribution in [1.82, 2.24) is 10.6 Å². The molecular weight excluding hydrogens is 198 g/mol. The SMILES string of the molecule is O=NC1NC(=O)C2CC=CCC2NC1=O. The molecular formula is C9H11N3O3. The van der Waals surface area contributed by atoms with E-state index in [2.05, 4.69) is 15.8 Å². The Hall–Kier alpha value is -1.72. The number of fused-ring (bicyclic) bond motifs is 1. The predicted octanol–water partition coefficient (Wildman–Crippen LogP) is -0.340. The number of allylic oxidation sites excluding steroid dienone is 1. The number of nitrogens with zero attached hydrogens (tertiary/aromatic N) is 1. The highest BCUT2D eigenvalue weighted by Crippen LogP contribution is 2.21. The Balaban J connectivity index is 2.22. The summed E-state index contributed by atoms with van der Waals surface area (Å²) in [4.78, 5) is 33.4. The zero-order chi connectivity index (χ0) is 10.8. The molecule has 1 aliphatic carbocycles. The van der Waals surface area contributed by atoms with Crippen molar-refractivity contribution in [3.8, 4) is 0 Å². The lowest BCUT2D eigenvalue weighted by atomic mass is 9.89. The average molecular weight is 209 g/mol. The van der Waals surface area contributed by atoms with E-state index in [1.165, 1.54) is 0 Å². The van der Waals surface area contributed by atoms with Crippen LogP contribution >= 0.6 is 0 Å². The molecule has 0 saturated carbocycles. The van der Waals surface area contributed by atoms with E-state index >= 15 is 0 Å². The maximum absolute atomic E-state index is 11.6. The Labute approximate surface area is 86.1 Å². The predicted molar refractivity (Wildman–Crippen MR) is 51.5 cm³/mol. The molecule has 0 aromatic heterocycles. The number of rotatable bonds is 1. The fraction of sp³-hybridized carbons (Fsp3) is 0.556. The summed E-state index contributed by atoms with van der Waals surface area (Å²) in [5.41, 5.74) is 0. The van der Waals surface area contributed by atoms with Gasteiger partial charge in [-0.1, -0.05) is 12.2 Å². The molecule has 6 nitrogen and oxygen atoms in total. The second-order valence-electron chi connectivity index (χ2n) is 3.68. The van der Waals surface area contributed by atoms with Gasteiger partial charge in [-0.3, -0.25) is 9.59 Å². The minimum Gasteiger partial charge on any atom is -0.349 e. The molecule has 0 bridgehead atoms. The van der Waals surface area contributed by atoms with Crippen LogP contribution in [0, 0.1) is 10.8 Å². The molecule has 2 rings (SSSR count). The number of amides is 2. The van der Waals surface area contributed by atoms with Gasteiger partial charge >= 0.3 is 0 Å². The molecule has 2 N–H and O–H groups in total. The molecule has 0 spiro atoms. The van der Waals surface area contributed by atoms with Gasteiger partial charge in [-0.2, -0.15) is 0 Å². The van der Waals surface area contributed by atoms with Crippen LogP contribution in [-0.2, 0) is 9.59 Å². The van der Waals surface area contributed by atoms with Gasteiger partial charge in [0, 0.05) is 6.04 Å². The van der Waals surface area contributed by atoms with Gasteiger partial charge in [0.1, 0.15) is 0 Å². The first-order valence-electron chi connectivity index (χ1n) is 4.80. The fourth-order valence-electron chi connectivity index (χ4n) is 1.91. The normalized spacial score (nSPS) is 34.8. The first-order chi connectivity index (χ1) is 7.22. The average Bonchev–Trinajstić information content (AvgIpc) is 2.37. The zero-order valence-corrected chi connectivity index (χ0v) is 7.97. The van der Waals surface area contributed by atoms with Gasteiger partial charge in [0.15, 0.2) is 0 Å². The molecule has 0 aromatic carbocycles. The van der Waals surface area contributed by atoms with E-state index < -0.39 is 12.1 Å². The number of carbonyl (C=O) groups excluding carboxylic acids is 2. The van der Waals surface area contributed by atoms with Gasteiger partial charge in [0.05, 0.1) is 5.92 Å². The highest BCUT2D eigenvalue weighted by atomic mass is 16.3. The third-order valence-corrected chi connectivity index (χ3v) is 2.73. The van der Waals surface area contributed by atoms with Crippen LogP contribution in [0.4, 0.5) is 0 Å². The summed E-state index contributed by atoms with van der Waals surface area (Å²) in [6.07, 6.45) is 3.74. The second kappa shape index (κ2) is 3.80. The third-order valence-electron chi connectivity index (χ3n) is 2.73. The Morgan fingerprint density at radius 1 is 1.13 bits per heavy atom. The summed E-state index contributed by atoms with van der Waals surface area (Å²) >= 11 is 0. The molecule has 2 amide bonds. The van der Waals surface area contributed by atoms with Crippen molar-refractivity contribution >= 4 is 11.8 Å². The monoisotopic (exact) mass is 209 g/mol. The van der Waals surface area contributed by atoms with Crippen LogP contribution in [0.3, 0.4) is 0 Å². The van der Waals surface area contributed by atoms with Gasteiger partial charge in [-0.05, 0) is 18.0 Å². The number of hydrogen-bond donors (Lipinski definition) is 2. The van der Waals surface area contributed by atoms with E-state index in [9.17, 15) is 14.5 Å². The number of hydrogen-bond acceptors (Lipinski definition) is 4. The number of nitroso groups, excluding NO2 is 1. The molecule has 0 aromatic rings. The van der Waals surface area contributed by atoms with Crippen LogP contribution in [0.15, 0.2) is 17.3 Å². The van der Waals surface area contributed by atoms with Crippen LogP contribution in [0.25, 0.3) is 0 Å². The fourth-order valence-corrected chi connectivity index (χ4v) is 1.91. The smallest absolute Gasteiger partial charge is 0.269 e. The first kappa shape index (κ1) is 9.82. The van der Waals surface area contributed by atoms with Crippen LogP contribution in [0.1, 0.15) is 12.8 Å². The summed E-state index contributed by atoms with van der Waals surface area (Å²) in [5.74, 6) is -1.10. The molecule has 2 aliphatic rings. The summed E-state index contributed by atoms with van der Waals surface area (Å²) in [5, 5.41) is 7.54. The standard InChI is InChI=1S/C9H11N3O3/c13-8-5-3-1-2-4-6(5)10-9(14)7(11-8)12-15/h1-2,5-7H,3-4H2,(H,10,14)(H,11,13). The third kappa shape index (κ3) is 1.74. The van der Waals surface area contributed by atoms with E-state index in [0.29, 0.717) is 12.8 Å². The van der Waals surface area contributed by atoms with Crippen molar-refractivity contribution < 1.29 is 9.59 Å². The van der Waals surface area contributed by atoms with Gasteiger partial charge in [-0.15, -0.1) is 4.91 Å². The lowest BCUT2D eigenvalue weighted by molar-refractivity contribution is -0.127. The lowest BCUT2D eigenvalue weighted by Crippen LogP contribution is -2.43. The molecule has 6 heteroatoms. The molecule has 3 unspecified atom stereocenters.